The van der Waals surface area contributed by atoms with Gasteiger partial charge in [0.05, 0.1) is 23.4 Å². The number of carbonyl (C=O) groups excluding carboxylic acids is 1. The molecule has 1 aromatic heterocycles. The number of carbonyl (C=O) groups is 1. The number of benzene rings is 1. The van der Waals surface area contributed by atoms with Crippen LogP contribution in [0.1, 0.15) is 104 Å². The number of aromatic nitrogens is 1. The lowest BCUT2D eigenvalue weighted by atomic mass is 9.97. The van der Waals surface area contributed by atoms with E-state index in [1.54, 1.807) is 26.8 Å². The van der Waals surface area contributed by atoms with Gasteiger partial charge in [0.15, 0.2) is 0 Å². The summed E-state index contributed by atoms with van der Waals surface area (Å²) in [5, 5.41) is 0. The van der Waals surface area contributed by atoms with Crippen LogP contribution in [0, 0.1) is 11.7 Å². The van der Waals surface area contributed by atoms with E-state index in [-0.39, 0.29) is 23.3 Å². The predicted octanol–water partition coefficient (Wildman–Crippen LogP) is 7.24. The number of hydrogen-bond donors (Lipinski definition) is 0. The molecule has 3 aliphatic rings. The van der Waals surface area contributed by atoms with Crippen LogP contribution >= 0.6 is 0 Å². The molecule has 0 amide bonds. The van der Waals surface area contributed by atoms with E-state index in [1.165, 1.54) is 18.2 Å². The SMILES string of the molecule is CC(C)(C)OC(=O)c1cc(C2CC2)c(OCC2CCN(Cc3cc(C(F)(F)F)cc(C4CC4)n3)CC2)cc1F. The van der Waals surface area contributed by atoms with Gasteiger partial charge in [-0.3, -0.25) is 9.88 Å². The molecule has 1 saturated heterocycles. The molecule has 1 aromatic carbocycles. The van der Waals surface area contributed by atoms with Crippen molar-refractivity contribution in [3.63, 3.8) is 0 Å². The first-order valence-corrected chi connectivity index (χ1v) is 13.9. The van der Waals surface area contributed by atoms with Gasteiger partial charge < -0.3 is 9.47 Å². The molecule has 0 unspecified atom stereocenters. The number of hydrogen-bond acceptors (Lipinski definition) is 5. The van der Waals surface area contributed by atoms with Gasteiger partial charge in [-0.15, -0.1) is 0 Å². The highest BCUT2D eigenvalue weighted by molar-refractivity contribution is 5.90. The fourth-order valence-electron chi connectivity index (χ4n) is 5.09. The molecule has 0 atom stereocenters. The van der Waals surface area contributed by atoms with Gasteiger partial charge in [-0.1, -0.05) is 0 Å². The number of nitrogens with zero attached hydrogens (tertiary/aromatic N) is 2. The average Bonchev–Trinajstić information content (AvgIpc) is 3.75. The van der Waals surface area contributed by atoms with E-state index in [0.717, 1.165) is 57.2 Å². The summed E-state index contributed by atoms with van der Waals surface area (Å²) in [6.45, 7) is 7.50. The highest BCUT2D eigenvalue weighted by atomic mass is 19.4. The molecule has 212 valence electrons. The second kappa shape index (κ2) is 10.7. The average molecular weight is 549 g/mol. The zero-order chi connectivity index (χ0) is 27.9. The van der Waals surface area contributed by atoms with Crippen molar-refractivity contribution in [3.8, 4) is 5.75 Å². The first-order valence-electron chi connectivity index (χ1n) is 13.9. The fourth-order valence-corrected chi connectivity index (χ4v) is 5.09. The van der Waals surface area contributed by atoms with Gasteiger partial charge in [0.1, 0.15) is 17.2 Å². The first-order chi connectivity index (χ1) is 18.4. The van der Waals surface area contributed by atoms with Crippen LogP contribution in [-0.4, -0.2) is 41.2 Å². The molecule has 2 aromatic rings. The number of ether oxygens (including phenoxy) is 2. The molecule has 39 heavy (non-hydrogen) atoms. The summed E-state index contributed by atoms with van der Waals surface area (Å²) in [6.07, 6.45) is 1.01. The molecule has 0 spiro atoms. The molecule has 2 heterocycles. The summed E-state index contributed by atoms with van der Waals surface area (Å²) >= 11 is 0. The van der Waals surface area contributed by atoms with E-state index in [0.29, 0.717) is 30.3 Å². The lowest BCUT2D eigenvalue weighted by molar-refractivity contribution is -0.137. The van der Waals surface area contributed by atoms with Gasteiger partial charge >= 0.3 is 12.1 Å². The molecule has 0 radical (unpaired) electrons. The molecule has 0 N–H and O–H groups in total. The van der Waals surface area contributed by atoms with Crippen LogP contribution < -0.4 is 4.74 Å². The third-order valence-corrected chi connectivity index (χ3v) is 7.52. The molecular formula is C30H36F4N2O3. The van der Waals surface area contributed by atoms with Gasteiger partial charge in [-0.2, -0.15) is 13.2 Å². The molecular weight excluding hydrogens is 512 g/mol. The molecule has 3 fully saturated rings. The van der Waals surface area contributed by atoms with E-state index < -0.39 is 29.1 Å². The standard InChI is InChI=1S/C30H36F4N2O3/c1-29(2,3)39-28(37)24-14-23(19-4-5-19)27(15-25(24)31)38-17-18-8-10-36(11-9-18)16-22-12-21(30(32,33)34)13-26(35-22)20-6-7-20/h12-15,18-20H,4-11,16-17H2,1-3H3. The Morgan fingerprint density at radius 1 is 0.974 bits per heavy atom. The zero-order valence-electron chi connectivity index (χ0n) is 22.7. The highest BCUT2D eigenvalue weighted by Crippen LogP contribution is 2.45. The van der Waals surface area contributed by atoms with Crippen molar-refractivity contribution in [2.45, 2.75) is 89.5 Å². The van der Waals surface area contributed by atoms with Crippen molar-refractivity contribution in [1.82, 2.24) is 9.88 Å². The number of esters is 1. The van der Waals surface area contributed by atoms with E-state index in [1.807, 2.05) is 0 Å². The molecule has 9 heteroatoms. The highest BCUT2D eigenvalue weighted by Gasteiger charge is 2.35. The van der Waals surface area contributed by atoms with Gasteiger partial charge in [0.25, 0.3) is 0 Å². The number of likely N-dealkylation sites (tertiary alicyclic amines) is 1. The maximum atomic E-state index is 14.9. The summed E-state index contributed by atoms with van der Waals surface area (Å²) in [6, 6.07) is 5.26. The quantitative estimate of drug-likeness (QED) is 0.257. The largest absolute Gasteiger partial charge is 0.493 e. The van der Waals surface area contributed by atoms with Crippen molar-refractivity contribution in [2.75, 3.05) is 19.7 Å². The summed E-state index contributed by atoms with van der Waals surface area (Å²) < 4.78 is 66.6. The number of alkyl halides is 3. The van der Waals surface area contributed by atoms with E-state index in [9.17, 15) is 22.4 Å². The van der Waals surface area contributed by atoms with Crippen molar-refractivity contribution in [1.29, 1.82) is 0 Å². The minimum absolute atomic E-state index is 0.0690. The maximum Gasteiger partial charge on any atom is 0.416 e. The molecule has 0 bridgehead atoms. The molecule has 5 rings (SSSR count). The second-order valence-corrected chi connectivity index (χ2v) is 12.2. The van der Waals surface area contributed by atoms with E-state index >= 15 is 0 Å². The Balaban J connectivity index is 1.18. The van der Waals surface area contributed by atoms with Gasteiger partial charge in [-0.05, 0) is 108 Å². The zero-order valence-corrected chi connectivity index (χ0v) is 22.7. The van der Waals surface area contributed by atoms with Crippen LogP contribution in [0.25, 0.3) is 0 Å². The number of rotatable bonds is 8. The molecule has 1 aliphatic heterocycles. The summed E-state index contributed by atoms with van der Waals surface area (Å²) in [5.41, 5.74) is 0.464. The smallest absolute Gasteiger partial charge is 0.416 e. The maximum absolute atomic E-state index is 14.9. The van der Waals surface area contributed by atoms with Crippen LogP contribution in [0.4, 0.5) is 17.6 Å². The minimum Gasteiger partial charge on any atom is -0.493 e. The topological polar surface area (TPSA) is 51.7 Å². The molecule has 5 nitrogen and oxygen atoms in total. The van der Waals surface area contributed by atoms with Crippen LogP contribution in [0.3, 0.4) is 0 Å². The summed E-state index contributed by atoms with van der Waals surface area (Å²) in [4.78, 5) is 19.2. The number of piperidine rings is 1. The van der Waals surface area contributed by atoms with Crippen molar-refractivity contribution in [3.05, 3.63) is 58.2 Å². The third-order valence-electron chi connectivity index (χ3n) is 7.52. The normalized spacial score (nSPS) is 19.3. The van der Waals surface area contributed by atoms with E-state index in [2.05, 4.69) is 9.88 Å². The van der Waals surface area contributed by atoms with Gasteiger partial charge in [0.2, 0.25) is 0 Å². The summed E-state index contributed by atoms with van der Waals surface area (Å²) in [5.74, 6) is -0.205. The van der Waals surface area contributed by atoms with Crippen LogP contribution in [0.5, 0.6) is 5.75 Å². The first kappa shape index (κ1) is 27.9. The second-order valence-electron chi connectivity index (χ2n) is 12.2. The Bertz CT molecular complexity index is 1210. The summed E-state index contributed by atoms with van der Waals surface area (Å²) in [7, 11) is 0. The number of pyridine rings is 1. The van der Waals surface area contributed by atoms with Gasteiger partial charge in [-0.25, -0.2) is 9.18 Å². The third kappa shape index (κ3) is 7.29. The number of halogens is 4. The Labute approximate surface area is 226 Å². The minimum atomic E-state index is -4.38. The van der Waals surface area contributed by atoms with E-state index in [4.69, 9.17) is 9.47 Å². The van der Waals surface area contributed by atoms with Crippen molar-refractivity contribution >= 4 is 5.97 Å². The Hall–Kier alpha value is -2.68. The Morgan fingerprint density at radius 3 is 2.23 bits per heavy atom. The van der Waals surface area contributed by atoms with Crippen LogP contribution in [-0.2, 0) is 17.5 Å². The lowest BCUT2D eigenvalue weighted by Crippen LogP contribution is -2.35. The lowest BCUT2D eigenvalue weighted by Gasteiger charge is -2.32. The molecule has 2 saturated carbocycles. The van der Waals surface area contributed by atoms with Crippen molar-refractivity contribution < 1.29 is 31.8 Å². The fraction of sp³-hybridized carbons (Fsp3) is 0.600. The van der Waals surface area contributed by atoms with Crippen LogP contribution in [0.2, 0.25) is 0 Å². The predicted molar refractivity (Wildman–Crippen MR) is 138 cm³/mol. The molecule has 2 aliphatic carbocycles. The van der Waals surface area contributed by atoms with Crippen molar-refractivity contribution in [2.24, 2.45) is 5.92 Å². The Kier molecular flexibility index (Phi) is 7.65. The monoisotopic (exact) mass is 548 g/mol. The van der Waals surface area contributed by atoms with Crippen LogP contribution in [0.15, 0.2) is 24.3 Å². The van der Waals surface area contributed by atoms with Gasteiger partial charge in [0, 0.05) is 24.2 Å². The Morgan fingerprint density at radius 2 is 1.64 bits per heavy atom.